The molecule has 0 N–H and O–H groups in total. The van der Waals surface area contributed by atoms with Gasteiger partial charge in [-0.15, -0.1) is 11.3 Å². The van der Waals surface area contributed by atoms with Crippen LogP contribution in [0.2, 0.25) is 5.15 Å². The maximum absolute atomic E-state index is 6.07. The second-order valence-electron chi connectivity index (χ2n) is 3.37. The third-order valence-corrected chi connectivity index (χ3v) is 3.63. The van der Waals surface area contributed by atoms with E-state index in [-0.39, 0.29) is 0 Å². The van der Waals surface area contributed by atoms with Gasteiger partial charge in [-0.05, 0) is 19.1 Å². The largest absolute Gasteiger partial charge is 0.464 e. The van der Waals surface area contributed by atoms with E-state index in [1.165, 1.54) is 11.3 Å². The van der Waals surface area contributed by atoms with E-state index in [4.69, 9.17) is 16.0 Å². The van der Waals surface area contributed by atoms with Crippen molar-refractivity contribution in [2.24, 2.45) is 0 Å². The van der Waals surface area contributed by atoms with Crippen LogP contribution < -0.4 is 0 Å². The van der Waals surface area contributed by atoms with Gasteiger partial charge in [-0.3, -0.25) is 0 Å². The Balaban J connectivity index is 2.35. The standard InChI is InChI=1S/C11H7ClN2OS/c1-6-13-9-7(8-3-2-4-15-8)5-16-10(9)11(12)14-6/h2-5H,1H3. The van der Waals surface area contributed by atoms with Gasteiger partial charge in [0.05, 0.1) is 22.0 Å². The molecule has 0 atom stereocenters. The Morgan fingerprint density at radius 2 is 2.25 bits per heavy atom. The summed E-state index contributed by atoms with van der Waals surface area (Å²) in [6.45, 7) is 1.83. The van der Waals surface area contributed by atoms with Crippen LogP contribution in [0.3, 0.4) is 0 Å². The van der Waals surface area contributed by atoms with E-state index >= 15 is 0 Å². The molecular weight excluding hydrogens is 244 g/mol. The van der Waals surface area contributed by atoms with Crippen molar-refractivity contribution in [3.63, 3.8) is 0 Å². The predicted molar refractivity (Wildman–Crippen MR) is 64.9 cm³/mol. The van der Waals surface area contributed by atoms with Crippen molar-refractivity contribution in [2.45, 2.75) is 6.92 Å². The highest BCUT2D eigenvalue weighted by atomic mass is 35.5. The number of thiophene rings is 1. The van der Waals surface area contributed by atoms with Gasteiger partial charge in [0.15, 0.2) is 5.15 Å². The third-order valence-electron chi connectivity index (χ3n) is 2.27. The SMILES string of the molecule is Cc1nc(Cl)c2scc(-c3ccco3)c2n1. The van der Waals surface area contributed by atoms with Gasteiger partial charge in [0.2, 0.25) is 0 Å². The molecular formula is C11H7ClN2OS. The van der Waals surface area contributed by atoms with Crippen molar-refractivity contribution in [3.05, 3.63) is 34.8 Å². The Labute approximate surface area is 101 Å². The predicted octanol–water partition coefficient (Wildman–Crippen LogP) is 3.91. The summed E-state index contributed by atoms with van der Waals surface area (Å²) in [5, 5.41) is 2.49. The number of nitrogens with zero attached hydrogens (tertiary/aromatic N) is 2. The minimum absolute atomic E-state index is 0.505. The molecule has 0 aliphatic rings. The number of hydrogen-bond donors (Lipinski definition) is 0. The summed E-state index contributed by atoms with van der Waals surface area (Å²) >= 11 is 7.60. The van der Waals surface area contributed by atoms with Gasteiger partial charge >= 0.3 is 0 Å². The number of furan rings is 1. The first kappa shape index (κ1) is 9.81. The van der Waals surface area contributed by atoms with Gasteiger partial charge in [0.25, 0.3) is 0 Å². The normalized spacial score (nSPS) is 11.1. The zero-order valence-electron chi connectivity index (χ0n) is 8.40. The average molecular weight is 251 g/mol. The van der Waals surface area contributed by atoms with E-state index in [9.17, 15) is 0 Å². The zero-order chi connectivity index (χ0) is 11.1. The van der Waals surface area contributed by atoms with Crippen molar-refractivity contribution >= 4 is 33.2 Å². The molecule has 0 aliphatic carbocycles. The summed E-state index contributed by atoms with van der Waals surface area (Å²) in [4.78, 5) is 8.54. The topological polar surface area (TPSA) is 38.9 Å². The Bertz CT molecular complexity index is 645. The van der Waals surface area contributed by atoms with E-state index in [0.717, 1.165) is 21.5 Å². The second-order valence-corrected chi connectivity index (χ2v) is 4.60. The lowest BCUT2D eigenvalue weighted by molar-refractivity contribution is 0.583. The Morgan fingerprint density at radius 3 is 3.00 bits per heavy atom. The van der Waals surface area contributed by atoms with Gasteiger partial charge in [0.1, 0.15) is 11.6 Å². The minimum Gasteiger partial charge on any atom is -0.464 e. The van der Waals surface area contributed by atoms with Crippen LogP contribution >= 0.6 is 22.9 Å². The first-order chi connectivity index (χ1) is 7.75. The number of aromatic nitrogens is 2. The molecule has 5 heteroatoms. The quantitative estimate of drug-likeness (QED) is 0.615. The highest BCUT2D eigenvalue weighted by molar-refractivity contribution is 7.18. The van der Waals surface area contributed by atoms with E-state index in [2.05, 4.69) is 9.97 Å². The molecule has 0 radical (unpaired) electrons. The number of halogens is 1. The summed E-state index contributed by atoms with van der Waals surface area (Å²) in [5.74, 6) is 1.48. The van der Waals surface area contributed by atoms with E-state index < -0.39 is 0 Å². The van der Waals surface area contributed by atoms with Crippen LogP contribution in [0.1, 0.15) is 5.82 Å². The van der Waals surface area contributed by atoms with Gasteiger partial charge in [-0.1, -0.05) is 11.6 Å². The molecule has 0 unspecified atom stereocenters. The highest BCUT2D eigenvalue weighted by Gasteiger charge is 2.13. The monoisotopic (exact) mass is 250 g/mol. The van der Waals surface area contributed by atoms with Crippen molar-refractivity contribution in [1.29, 1.82) is 0 Å². The number of fused-ring (bicyclic) bond motifs is 1. The summed E-state index contributed by atoms with van der Waals surface area (Å²) in [7, 11) is 0. The first-order valence-electron chi connectivity index (χ1n) is 4.71. The number of hydrogen-bond acceptors (Lipinski definition) is 4. The van der Waals surface area contributed by atoms with E-state index in [0.29, 0.717) is 11.0 Å². The van der Waals surface area contributed by atoms with Gasteiger partial charge in [0, 0.05) is 5.38 Å². The maximum atomic E-state index is 6.07. The van der Waals surface area contributed by atoms with Crippen LogP contribution in [0.15, 0.2) is 28.2 Å². The lowest BCUT2D eigenvalue weighted by Gasteiger charge is -1.97. The molecule has 3 heterocycles. The van der Waals surface area contributed by atoms with Crippen molar-refractivity contribution < 1.29 is 4.42 Å². The molecule has 0 aromatic carbocycles. The molecule has 0 bridgehead atoms. The zero-order valence-corrected chi connectivity index (χ0v) is 9.97. The molecule has 16 heavy (non-hydrogen) atoms. The van der Waals surface area contributed by atoms with Crippen molar-refractivity contribution in [3.8, 4) is 11.3 Å². The summed E-state index contributed by atoms with van der Waals surface area (Å²) in [6.07, 6.45) is 1.65. The molecule has 0 fully saturated rings. The van der Waals surface area contributed by atoms with Gasteiger partial charge in [-0.25, -0.2) is 9.97 Å². The average Bonchev–Trinajstić information content (AvgIpc) is 2.83. The van der Waals surface area contributed by atoms with E-state index in [1.807, 2.05) is 24.4 Å². The Morgan fingerprint density at radius 1 is 1.38 bits per heavy atom. The fourth-order valence-electron chi connectivity index (χ4n) is 1.60. The Kier molecular flexibility index (Phi) is 2.19. The molecule has 0 saturated heterocycles. The molecule has 0 spiro atoms. The summed E-state index contributed by atoms with van der Waals surface area (Å²) < 4.78 is 6.27. The molecule has 0 amide bonds. The fraction of sp³-hybridized carbons (Fsp3) is 0.0909. The van der Waals surface area contributed by atoms with Crippen LogP contribution in [-0.2, 0) is 0 Å². The first-order valence-corrected chi connectivity index (χ1v) is 5.96. The van der Waals surface area contributed by atoms with E-state index in [1.54, 1.807) is 6.26 Å². The summed E-state index contributed by atoms with van der Waals surface area (Å²) in [6, 6.07) is 3.77. The summed E-state index contributed by atoms with van der Waals surface area (Å²) in [5.41, 5.74) is 1.83. The van der Waals surface area contributed by atoms with Gasteiger partial charge in [-0.2, -0.15) is 0 Å². The Hall–Kier alpha value is -1.39. The fourth-order valence-corrected chi connectivity index (χ4v) is 2.81. The smallest absolute Gasteiger partial charge is 0.150 e. The van der Waals surface area contributed by atoms with Crippen LogP contribution in [-0.4, -0.2) is 9.97 Å². The van der Waals surface area contributed by atoms with Crippen molar-refractivity contribution in [1.82, 2.24) is 9.97 Å². The maximum Gasteiger partial charge on any atom is 0.150 e. The van der Waals surface area contributed by atoms with Crippen LogP contribution in [0, 0.1) is 6.92 Å². The molecule has 0 aliphatic heterocycles. The minimum atomic E-state index is 0.505. The van der Waals surface area contributed by atoms with Crippen LogP contribution in [0.25, 0.3) is 21.5 Å². The highest BCUT2D eigenvalue weighted by Crippen LogP contribution is 2.35. The van der Waals surface area contributed by atoms with Crippen molar-refractivity contribution in [2.75, 3.05) is 0 Å². The molecule has 3 nitrogen and oxygen atoms in total. The number of rotatable bonds is 1. The van der Waals surface area contributed by atoms with Crippen LogP contribution in [0.4, 0.5) is 0 Å². The second kappa shape index (κ2) is 3.57. The molecule has 0 saturated carbocycles. The molecule has 3 aromatic heterocycles. The molecule has 3 aromatic rings. The van der Waals surface area contributed by atoms with Gasteiger partial charge < -0.3 is 4.42 Å². The molecule has 80 valence electrons. The van der Waals surface area contributed by atoms with Crippen LogP contribution in [0.5, 0.6) is 0 Å². The lowest BCUT2D eigenvalue weighted by Crippen LogP contribution is -1.88. The third kappa shape index (κ3) is 1.42. The lowest BCUT2D eigenvalue weighted by atomic mass is 10.2. The number of aryl methyl sites for hydroxylation is 1. The molecule has 3 rings (SSSR count).